The smallest absolute Gasteiger partial charge is 0.225 e. The van der Waals surface area contributed by atoms with Crippen LogP contribution in [-0.2, 0) is 4.79 Å². The van der Waals surface area contributed by atoms with Gasteiger partial charge in [-0.25, -0.2) is 0 Å². The topological polar surface area (TPSA) is 65.5 Å². The van der Waals surface area contributed by atoms with E-state index in [1.54, 1.807) is 7.05 Å². The van der Waals surface area contributed by atoms with Crippen molar-refractivity contribution in [2.45, 2.75) is 44.9 Å². The predicted octanol–water partition coefficient (Wildman–Crippen LogP) is 3.10. The SMILES string of the molecule is CN=C(NCC1CC(=O)Nc2ccccc21)NCC1CCCCC1C. The van der Waals surface area contributed by atoms with Crippen molar-refractivity contribution in [3.8, 4) is 0 Å². The van der Waals surface area contributed by atoms with Gasteiger partial charge in [-0.05, 0) is 29.9 Å². The van der Waals surface area contributed by atoms with E-state index in [1.165, 1.54) is 31.2 Å². The number of anilines is 1. The molecular formula is C20H30N4O. The summed E-state index contributed by atoms with van der Waals surface area (Å²) in [6.07, 6.45) is 5.87. The summed E-state index contributed by atoms with van der Waals surface area (Å²) in [5.41, 5.74) is 2.13. The number of rotatable bonds is 4. The van der Waals surface area contributed by atoms with E-state index >= 15 is 0 Å². The molecule has 1 fully saturated rings. The van der Waals surface area contributed by atoms with Crippen LogP contribution in [0.1, 0.15) is 50.5 Å². The fraction of sp³-hybridized carbons (Fsp3) is 0.600. The molecular weight excluding hydrogens is 312 g/mol. The maximum absolute atomic E-state index is 11.9. The largest absolute Gasteiger partial charge is 0.356 e. The molecule has 3 unspecified atom stereocenters. The zero-order chi connectivity index (χ0) is 17.6. The number of para-hydroxylation sites is 1. The summed E-state index contributed by atoms with van der Waals surface area (Å²) in [5, 5.41) is 9.85. The van der Waals surface area contributed by atoms with E-state index in [4.69, 9.17) is 0 Å². The van der Waals surface area contributed by atoms with E-state index in [9.17, 15) is 4.79 Å². The van der Waals surface area contributed by atoms with E-state index in [1.807, 2.05) is 18.2 Å². The summed E-state index contributed by atoms with van der Waals surface area (Å²) < 4.78 is 0. The van der Waals surface area contributed by atoms with Gasteiger partial charge in [0.25, 0.3) is 0 Å². The van der Waals surface area contributed by atoms with Gasteiger partial charge < -0.3 is 16.0 Å². The van der Waals surface area contributed by atoms with Gasteiger partial charge in [0.05, 0.1) is 0 Å². The molecule has 136 valence electrons. The lowest BCUT2D eigenvalue weighted by Crippen LogP contribution is -2.43. The third-order valence-electron chi connectivity index (χ3n) is 5.67. The van der Waals surface area contributed by atoms with Crippen molar-refractivity contribution in [3.05, 3.63) is 29.8 Å². The van der Waals surface area contributed by atoms with Gasteiger partial charge in [-0.3, -0.25) is 9.79 Å². The number of hydrogen-bond donors (Lipinski definition) is 3. The van der Waals surface area contributed by atoms with E-state index in [2.05, 4.69) is 33.9 Å². The molecule has 1 saturated carbocycles. The Bertz CT molecular complexity index is 628. The molecule has 0 spiro atoms. The van der Waals surface area contributed by atoms with Crippen LogP contribution in [0, 0.1) is 11.8 Å². The molecule has 5 nitrogen and oxygen atoms in total. The van der Waals surface area contributed by atoms with Crippen LogP contribution >= 0.6 is 0 Å². The fourth-order valence-electron chi connectivity index (χ4n) is 4.05. The highest BCUT2D eigenvalue weighted by atomic mass is 16.1. The van der Waals surface area contributed by atoms with E-state index < -0.39 is 0 Å². The van der Waals surface area contributed by atoms with E-state index in [0.29, 0.717) is 13.0 Å². The Balaban J connectivity index is 1.54. The normalized spacial score (nSPS) is 26.6. The summed E-state index contributed by atoms with van der Waals surface area (Å²) in [6.45, 7) is 4.05. The second kappa shape index (κ2) is 8.37. The number of hydrogen-bond acceptors (Lipinski definition) is 2. The van der Waals surface area contributed by atoms with Crippen LogP contribution in [0.15, 0.2) is 29.3 Å². The molecule has 1 aromatic rings. The molecule has 1 aromatic carbocycles. The standard InChI is InChI=1S/C20H30N4O/c1-14-7-3-4-8-15(14)12-22-20(21-2)23-13-16-11-19(25)24-18-10-6-5-9-17(16)18/h5-6,9-10,14-16H,3-4,7-8,11-13H2,1-2H3,(H,24,25)(H2,21,22,23). The molecule has 25 heavy (non-hydrogen) atoms. The van der Waals surface area contributed by atoms with Crippen LogP contribution < -0.4 is 16.0 Å². The van der Waals surface area contributed by atoms with Gasteiger partial charge >= 0.3 is 0 Å². The Morgan fingerprint density at radius 3 is 2.76 bits per heavy atom. The number of aliphatic imine (C=N–C) groups is 1. The lowest BCUT2D eigenvalue weighted by atomic mass is 9.80. The molecule has 1 amide bonds. The minimum absolute atomic E-state index is 0.0875. The first kappa shape index (κ1) is 17.8. The fourth-order valence-corrected chi connectivity index (χ4v) is 4.05. The van der Waals surface area contributed by atoms with Crippen molar-refractivity contribution in [1.82, 2.24) is 10.6 Å². The minimum atomic E-state index is 0.0875. The van der Waals surface area contributed by atoms with Crippen molar-refractivity contribution < 1.29 is 4.79 Å². The number of amides is 1. The van der Waals surface area contributed by atoms with Crippen LogP contribution in [0.3, 0.4) is 0 Å². The van der Waals surface area contributed by atoms with Crippen molar-refractivity contribution in [1.29, 1.82) is 0 Å². The minimum Gasteiger partial charge on any atom is -0.356 e. The number of nitrogens with one attached hydrogen (secondary N) is 3. The first-order valence-electron chi connectivity index (χ1n) is 9.50. The Kier molecular flexibility index (Phi) is 5.95. The molecule has 0 saturated heterocycles. The molecule has 3 atom stereocenters. The highest BCUT2D eigenvalue weighted by Gasteiger charge is 2.25. The first-order valence-corrected chi connectivity index (χ1v) is 9.50. The number of carbonyl (C=O) groups excluding carboxylic acids is 1. The molecule has 2 aliphatic rings. The highest BCUT2D eigenvalue weighted by Crippen LogP contribution is 2.31. The molecule has 1 heterocycles. The van der Waals surface area contributed by atoms with E-state index in [-0.39, 0.29) is 11.8 Å². The van der Waals surface area contributed by atoms with Crippen molar-refractivity contribution in [2.75, 3.05) is 25.5 Å². The van der Waals surface area contributed by atoms with Crippen LogP contribution in [0.5, 0.6) is 0 Å². The maximum Gasteiger partial charge on any atom is 0.225 e. The number of fused-ring (bicyclic) bond motifs is 1. The molecule has 1 aliphatic carbocycles. The Morgan fingerprint density at radius 1 is 1.20 bits per heavy atom. The zero-order valence-electron chi connectivity index (χ0n) is 15.3. The molecule has 3 N–H and O–H groups in total. The third-order valence-corrected chi connectivity index (χ3v) is 5.67. The van der Waals surface area contributed by atoms with E-state index in [0.717, 1.165) is 30.0 Å². The average molecular weight is 342 g/mol. The molecule has 0 aromatic heterocycles. The van der Waals surface area contributed by atoms with Crippen molar-refractivity contribution in [3.63, 3.8) is 0 Å². The van der Waals surface area contributed by atoms with Gasteiger partial charge in [0.2, 0.25) is 5.91 Å². The number of guanidine groups is 1. The second-order valence-corrected chi connectivity index (χ2v) is 7.39. The van der Waals surface area contributed by atoms with Crippen LogP contribution in [0.25, 0.3) is 0 Å². The van der Waals surface area contributed by atoms with Gasteiger partial charge in [-0.1, -0.05) is 44.4 Å². The molecule has 0 bridgehead atoms. The summed E-state index contributed by atoms with van der Waals surface area (Å²) in [7, 11) is 1.81. The van der Waals surface area contributed by atoms with Gasteiger partial charge in [-0.2, -0.15) is 0 Å². The second-order valence-electron chi connectivity index (χ2n) is 7.39. The number of benzene rings is 1. The zero-order valence-corrected chi connectivity index (χ0v) is 15.3. The first-order chi connectivity index (χ1) is 12.2. The maximum atomic E-state index is 11.9. The Morgan fingerprint density at radius 2 is 1.96 bits per heavy atom. The van der Waals surface area contributed by atoms with Gasteiger partial charge in [0, 0.05) is 38.2 Å². The number of carbonyl (C=O) groups is 1. The predicted molar refractivity (Wildman–Crippen MR) is 103 cm³/mol. The Hall–Kier alpha value is -2.04. The van der Waals surface area contributed by atoms with Crippen molar-refractivity contribution >= 4 is 17.6 Å². The van der Waals surface area contributed by atoms with Crippen LogP contribution in [-0.4, -0.2) is 32.0 Å². The average Bonchev–Trinajstić information content (AvgIpc) is 2.62. The van der Waals surface area contributed by atoms with Crippen LogP contribution in [0.4, 0.5) is 5.69 Å². The third kappa shape index (κ3) is 4.53. The monoisotopic (exact) mass is 342 g/mol. The Labute approximate surface area is 150 Å². The quantitative estimate of drug-likeness (QED) is 0.582. The van der Waals surface area contributed by atoms with Gasteiger partial charge in [0.15, 0.2) is 5.96 Å². The van der Waals surface area contributed by atoms with Gasteiger partial charge in [-0.15, -0.1) is 0 Å². The summed E-state index contributed by atoms with van der Waals surface area (Å²) in [5.74, 6) is 2.62. The van der Waals surface area contributed by atoms with Gasteiger partial charge in [0.1, 0.15) is 0 Å². The van der Waals surface area contributed by atoms with Crippen LogP contribution in [0.2, 0.25) is 0 Å². The van der Waals surface area contributed by atoms with Crippen molar-refractivity contribution in [2.24, 2.45) is 16.8 Å². The summed E-state index contributed by atoms with van der Waals surface area (Å²) >= 11 is 0. The lowest BCUT2D eigenvalue weighted by Gasteiger charge is -2.30. The summed E-state index contributed by atoms with van der Waals surface area (Å²) in [6, 6.07) is 8.06. The molecule has 3 rings (SSSR count). The molecule has 5 heteroatoms. The lowest BCUT2D eigenvalue weighted by molar-refractivity contribution is -0.116. The summed E-state index contributed by atoms with van der Waals surface area (Å²) in [4.78, 5) is 16.3. The molecule has 0 radical (unpaired) electrons. The number of nitrogens with zero attached hydrogens (tertiary/aromatic N) is 1. The molecule has 1 aliphatic heterocycles. The highest BCUT2D eigenvalue weighted by molar-refractivity contribution is 5.94.